The van der Waals surface area contributed by atoms with Gasteiger partial charge in [0.2, 0.25) is 0 Å². The van der Waals surface area contributed by atoms with Crippen molar-refractivity contribution in [1.82, 2.24) is 15.1 Å². The van der Waals surface area contributed by atoms with Crippen LogP contribution >= 0.6 is 0 Å². The molecule has 1 unspecified atom stereocenters. The minimum atomic E-state index is 0.239. The Balaban J connectivity index is 2.37. The SMILES string of the molecule is CCCC(CNCC(C)C)Oc1cnn(C)c1. The normalized spacial score (nSPS) is 13.0. The molecule has 4 heteroatoms. The lowest BCUT2D eigenvalue weighted by molar-refractivity contribution is 0.185. The number of aryl methyl sites for hydroxylation is 1. The number of nitrogens with one attached hydrogen (secondary N) is 1. The predicted molar refractivity (Wildman–Crippen MR) is 70.2 cm³/mol. The van der Waals surface area contributed by atoms with E-state index in [0.29, 0.717) is 5.92 Å². The molecule has 0 aromatic carbocycles. The third-order valence-electron chi connectivity index (χ3n) is 2.52. The van der Waals surface area contributed by atoms with E-state index >= 15 is 0 Å². The molecule has 0 fully saturated rings. The van der Waals surface area contributed by atoms with Gasteiger partial charge in [-0.2, -0.15) is 5.10 Å². The highest BCUT2D eigenvalue weighted by Gasteiger charge is 2.10. The molecule has 0 radical (unpaired) electrons. The number of hydrogen-bond acceptors (Lipinski definition) is 3. The fraction of sp³-hybridized carbons (Fsp3) is 0.769. The van der Waals surface area contributed by atoms with Gasteiger partial charge in [0.05, 0.1) is 12.4 Å². The van der Waals surface area contributed by atoms with Crippen molar-refractivity contribution >= 4 is 0 Å². The van der Waals surface area contributed by atoms with Gasteiger partial charge in [-0.3, -0.25) is 4.68 Å². The van der Waals surface area contributed by atoms with Gasteiger partial charge < -0.3 is 10.1 Å². The molecule has 1 rings (SSSR count). The van der Waals surface area contributed by atoms with Crippen LogP contribution in [-0.2, 0) is 7.05 Å². The number of hydrogen-bond donors (Lipinski definition) is 1. The smallest absolute Gasteiger partial charge is 0.157 e. The molecule has 0 spiro atoms. The van der Waals surface area contributed by atoms with Crippen LogP contribution in [-0.4, -0.2) is 29.0 Å². The van der Waals surface area contributed by atoms with Gasteiger partial charge in [0.1, 0.15) is 6.10 Å². The molecule has 0 aliphatic heterocycles. The fourth-order valence-electron chi connectivity index (χ4n) is 1.71. The van der Waals surface area contributed by atoms with E-state index in [-0.39, 0.29) is 6.10 Å². The van der Waals surface area contributed by atoms with E-state index in [1.165, 1.54) is 0 Å². The summed E-state index contributed by atoms with van der Waals surface area (Å²) in [6.07, 6.45) is 6.12. The molecule has 0 amide bonds. The maximum absolute atomic E-state index is 5.91. The van der Waals surface area contributed by atoms with E-state index in [9.17, 15) is 0 Å². The average molecular weight is 239 g/mol. The van der Waals surface area contributed by atoms with Gasteiger partial charge in [-0.05, 0) is 18.9 Å². The Bertz CT molecular complexity index is 309. The van der Waals surface area contributed by atoms with Crippen molar-refractivity contribution in [1.29, 1.82) is 0 Å². The standard InChI is InChI=1S/C13H25N3O/c1-5-6-12(8-14-7-11(2)3)17-13-9-15-16(4)10-13/h9-12,14H,5-8H2,1-4H3. The minimum absolute atomic E-state index is 0.239. The second-order valence-corrected chi connectivity index (χ2v) is 4.93. The Hall–Kier alpha value is -1.03. The summed E-state index contributed by atoms with van der Waals surface area (Å²) in [5.74, 6) is 1.54. The molecule has 1 aromatic rings. The first kappa shape index (κ1) is 14.0. The average Bonchev–Trinajstić information content (AvgIpc) is 2.63. The van der Waals surface area contributed by atoms with Gasteiger partial charge in [-0.1, -0.05) is 27.2 Å². The van der Waals surface area contributed by atoms with Crippen molar-refractivity contribution in [3.05, 3.63) is 12.4 Å². The van der Waals surface area contributed by atoms with Crippen LogP contribution < -0.4 is 10.1 Å². The summed E-state index contributed by atoms with van der Waals surface area (Å²) in [6.45, 7) is 8.55. The van der Waals surface area contributed by atoms with E-state index in [1.54, 1.807) is 10.9 Å². The predicted octanol–water partition coefficient (Wildman–Crippen LogP) is 2.21. The fourth-order valence-corrected chi connectivity index (χ4v) is 1.71. The maximum Gasteiger partial charge on any atom is 0.157 e. The van der Waals surface area contributed by atoms with Crippen LogP contribution in [0.25, 0.3) is 0 Å². The largest absolute Gasteiger partial charge is 0.486 e. The highest BCUT2D eigenvalue weighted by Crippen LogP contribution is 2.12. The van der Waals surface area contributed by atoms with Gasteiger partial charge in [0.15, 0.2) is 5.75 Å². The first-order chi connectivity index (χ1) is 8.11. The second kappa shape index (κ2) is 7.33. The Morgan fingerprint density at radius 1 is 1.41 bits per heavy atom. The first-order valence-corrected chi connectivity index (χ1v) is 6.47. The molecule has 1 N–H and O–H groups in total. The molecule has 0 saturated heterocycles. The molecule has 98 valence electrons. The molecule has 1 heterocycles. The Morgan fingerprint density at radius 2 is 2.18 bits per heavy atom. The Kier molecular flexibility index (Phi) is 6.05. The summed E-state index contributed by atoms with van der Waals surface area (Å²) >= 11 is 0. The monoisotopic (exact) mass is 239 g/mol. The summed E-state index contributed by atoms with van der Waals surface area (Å²) in [5.41, 5.74) is 0. The zero-order chi connectivity index (χ0) is 12.7. The zero-order valence-corrected chi connectivity index (χ0v) is 11.4. The highest BCUT2D eigenvalue weighted by molar-refractivity contribution is 5.11. The molecule has 1 atom stereocenters. The number of rotatable bonds is 8. The maximum atomic E-state index is 5.91. The number of nitrogens with zero attached hydrogens (tertiary/aromatic N) is 2. The van der Waals surface area contributed by atoms with Crippen molar-refractivity contribution in [2.45, 2.75) is 39.7 Å². The quantitative estimate of drug-likeness (QED) is 0.756. The Labute approximate surface area is 104 Å². The van der Waals surface area contributed by atoms with Crippen molar-refractivity contribution in [3.8, 4) is 5.75 Å². The summed E-state index contributed by atoms with van der Waals surface area (Å²) in [6, 6.07) is 0. The van der Waals surface area contributed by atoms with E-state index in [2.05, 4.69) is 31.2 Å². The van der Waals surface area contributed by atoms with Crippen molar-refractivity contribution < 1.29 is 4.74 Å². The lowest BCUT2D eigenvalue weighted by atomic mass is 10.2. The van der Waals surface area contributed by atoms with Crippen LogP contribution in [0.3, 0.4) is 0 Å². The van der Waals surface area contributed by atoms with Crippen LogP contribution in [0.1, 0.15) is 33.6 Å². The second-order valence-electron chi connectivity index (χ2n) is 4.93. The van der Waals surface area contributed by atoms with Crippen molar-refractivity contribution in [2.24, 2.45) is 13.0 Å². The van der Waals surface area contributed by atoms with Crippen LogP contribution in [0.2, 0.25) is 0 Å². The van der Waals surface area contributed by atoms with Gasteiger partial charge in [0, 0.05) is 13.6 Å². The van der Waals surface area contributed by atoms with Crippen LogP contribution in [0, 0.1) is 5.92 Å². The number of aromatic nitrogens is 2. The van der Waals surface area contributed by atoms with Crippen LogP contribution in [0.4, 0.5) is 0 Å². The minimum Gasteiger partial charge on any atom is -0.486 e. The van der Waals surface area contributed by atoms with E-state index in [4.69, 9.17) is 4.74 Å². The summed E-state index contributed by atoms with van der Waals surface area (Å²) in [7, 11) is 1.90. The molecule has 0 bridgehead atoms. The van der Waals surface area contributed by atoms with E-state index in [1.807, 2.05) is 13.2 Å². The summed E-state index contributed by atoms with van der Waals surface area (Å²) in [5, 5.41) is 7.55. The van der Waals surface area contributed by atoms with Gasteiger partial charge in [-0.25, -0.2) is 0 Å². The van der Waals surface area contributed by atoms with Crippen LogP contribution in [0.5, 0.6) is 5.75 Å². The molecule has 17 heavy (non-hydrogen) atoms. The lowest BCUT2D eigenvalue weighted by Crippen LogP contribution is -2.33. The first-order valence-electron chi connectivity index (χ1n) is 6.47. The molecule has 0 aliphatic rings. The van der Waals surface area contributed by atoms with E-state index < -0.39 is 0 Å². The van der Waals surface area contributed by atoms with Gasteiger partial charge in [0.25, 0.3) is 0 Å². The van der Waals surface area contributed by atoms with Gasteiger partial charge in [-0.15, -0.1) is 0 Å². The molecule has 0 aliphatic carbocycles. The lowest BCUT2D eigenvalue weighted by Gasteiger charge is -2.18. The third kappa shape index (κ3) is 5.73. The van der Waals surface area contributed by atoms with Crippen molar-refractivity contribution in [2.75, 3.05) is 13.1 Å². The summed E-state index contributed by atoms with van der Waals surface area (Å²) in [4.78, 5) is 0. The van der Waals surface area contributed by atoms with Gasteiger partial charge >= 0.3 is 0 Å². The highest BCUT2D eigenvalue weighted by atomic mass is 16.5. The summed E-state index contributed by atoms with van der Waals surface area (Å²) < 4.78 is 7.68. The molecule has 4 nitrogen and oxygen atoms in total. The molecular weight excluding hydrogens is 214 g/mol. The Morgan fingerprint density at radius 3 is 2.71 bits per heavy atom. The van der Waals surface area contributed by atoms with Crippen molar-refractivity contribution in [3.63, 3.8) is 0 Å². The molecular formula is C13H25N3O. The van der Waals surface area contributed by atoms with Crippen LogP contribution in [0.15, 0.2) is 12.4 Å². The third-order valence-corrected chi connectivity index (χ3v) is 2.52. The topological polar surface area (TPSA) is 39.1 Å². The number of ether oxygens (including phenoxy) is 1. The van der Waals surface area contributed by atoms with E-state index in [0.717, 1.165) is 31.7 Å². The molecule has 1 aromatic heterocycles. The zero-order valence-electron chi connectivity index (χ0n) is 11.4. The molecule has 0 saturated carbocycles.